The number of anilines is 1. The zero-order chi connectivity index (χ0) is 12.6. The highest BCUT2D eigenvalue weighted by atomic mass is 35.5. The second-order valence-corrected chi connectivity index (χ2v) is 5.46. The van der Waals surface area contributed by atoms with E-state index in [-0.39, 0.29) is 11.8 Å². The van der Waals surface area contributed by atoms with Crippen molar-refractivity contribution in [2.24, 2.45) is 5.92 Å². The quantitative estimate of drug-likeness (QED) is 0.761. The van der Waals surface area contributed by atoms with E-state index < -0.39 is 5.38 Å². The fourth-order valence-corrected chi connectivity index (χ4v) is 2.73. The molecule has 1 saturated heterocycles. The van der Waals surface area contributed by atoms with E-state index in [9.17, 15) is 4.79 Å². The first kappa shape index (κ1) is 13.3. The highest BCUT2D eigenvalue weighted by molar-refractivity contribution is 6.42. The molecular weight excluding hydrogens is 304 g/mol. The first-order chi connectivity index (χ1) is 8.04. The largest absolute Gasteiger partial charge is 0.311 e. The Balaban J connectivity index is 2.29. The van der Waals surface area contributed by atoms with Crippen LogP contribution >= 0.6 is 46.4 Å². The molecule has 1 amide bonds. The molecule has 0 spiro atoms. The molecule has 1 fully saturated rings. The smallest absolute Gasteiger partial charge is 0.245 e. The van der Waals surface area contributed by atoms with E-state index in [1.54, 1.807) is 23.1 Å². The Morgan fingerprint density at radius 1 is 1.29 bits per heavy atom. The summed E-state index contributed by atoms with van der Waals surface area (Å²) in [6, 6.07) is 5.05. The Kier molecular flexibility index (Phi) is 4.09. The number of nitrogens with zero attached hydrogens (tertiary/aromatic N) is 1. The minimum Gasteiger partial charge on any atom is -0.311 e. The number of halogens is 4. The van der Waals surface area contributed by atoms with Crippen molar-refractivity contribution in [3.63, 3.8) is 0 Å². The maximum atomic E-state index is 11.9. The molecule has 1 aliphatic heterocycles. The van der Waals surface area contributed by atoms with Crippen molar-refractivity contribution in [3.8, 4) is 0 Å². The predicted octanol–water partition coefficient (Wildman–Crippen LogP) is 3.80. The van der Waals surface area contributed by atoms with E-state index >= 15 is 0 Å². The van der Waals surface area contributed by atoms with Crippen LogP contribution in [0.25, 0.3) is 0 Å². The topological polar surface area (TPSA) is 20.3 Å². The number of hydrogen-bond donors (Lipinski definition) is 0. The summed E-state index contributed by atoms with van der Waals surface area (Å²) in [7, 11) is 0. The molecule has 2 nitrogen and oxygen atoms in total. The summed E-state index contributed by atoms with van der Waals surface area (Å²) >= 11 is 23.5. The van der Waals surface area contributed by atoms with Crippen LogP contribution in [0.3, 0.4) is 0 Å². The van der Waals surface area contributed by atoms with Gasteiger partial charge < -0.3 is 4.90 Å². The summed E-state index contributed by atoms with van der Waals surface area (Å²) in [4.78, 5) is 13.5. The van der Waals surface area contributed by atoms with Gasteiger partial charge in [-0.3, -0.25) is 4.79 Å². The molecule has 1 heterocycles. The molecule has 2 atom stereocenters. The van der Waals surface area contributed by atoms with Gasteiger partial charge in [0.15, 0.2) is 0 Å². The lowest BCUT2D eigenvalue weighted by Gasteiger charge is -2.16. The van der Waals surface area contributed by atoms with Crippen LogP contribution in [0.2, 0.25) is 10.0 Å². The maximum Gasteiger partial charge on any atom is 0.245 e. The second kappa shape index (κ2) is 5.23. The van der Waals surface area contributed by atoms with E-state index in [0.717, 1.165) is 0 Å². The molecule has 0 N–H and O–H groups in total. The predicted molar refractivity (Wildman–Crippen MR) is 72.7 cm³/mol. The van der Waals surface area contributed by atoms with Gasteiger partial charge in [0.05, 0.1) is 10.0 Å². The van der Waals surface area contributed by atoms with E-state index in [2.05, 4.69) is 0 Å². The van der Waals surface area contributed by atoms with Crippen LogP contribution in [0.4, 0.5) is 5.69 Å². The Labute approximate surface area is 119 Å². The van der Waals surface area contributed by atoms with Crippen LogP contribution in [0.1, 0.15) is 0 Å². The molecule has 1 aliphatic rings. The molecular formula is C11H9Cl4NO. The Hall–Kier alpha value is -0.150. The molecule has 0 bridgehead atoms. The lowest BCUT2D eigenvalue weighted by atomic mass is 10.1. The van der Waals surface area contributed by atoms with Crippen molar-refractivity contribution < 1.29 is 4.79 Å². The van der Waals surface area contributed by atoms with Gasteiger partial charge in [-0.2, -0.15) is 0 Å². The molecule has 0 saturated carbocycles. The van der Waals surface area contributed by atoms with Crippen LogP contribution in [0.15, 0.2) is 18.2 Å². The summed E-state index contributed by atoms with van der Waals surface area (Å²) in [5, 5.41) is 0.303. The van der Waals surface area contributed by atoms with Crippen LogP contribution in [-0.4, -0.2) is 23.7 Å². The number of alkyl halides is 2. The zero-order valence-electron chi connectivity index (χ0n) is 8.67. The molecule has 92 valence electrons. The molecule has 1 aromatic rings. The molecule has 0 radical (unpaired) electrons. The van der Waals surface area contributed by atoms with Gasteiger partial charge in [-0.15, -0.1) is 23.2 Å². The maximum absolute atomic E-state index is 11.9. The van der Waals surface area contributed by atoms with Gasteiger partial charge in [-0.25, -0.2) is 0 Å². The fraction of sp³-hybridized carbons (Fsp3) is 0.364. The Bertz CT molecular complexity index is 451. The summed E-state index contributed by atoms with van der Waals surface area (Å²) < 4.78 is 0. The fourth-order valence-electron chi connectivity index (χ4n) is 1.78. The van der Waals surface area contributed by atoms with E-state index in [0.29, 0.717) is 28.2 Å². The molecule has 17 heavy (non-hydrogen) atoms. The first-order valence-electron chi connectivity index (χ1n) is 5.01. The highest BCUT2D eigenvalue weighted by Gasteiger charge is 2.39. The minimum atomic E-state index is -0.568. The summed E-state index contributed by atoms with van der Waals surface area (Å²) in [5.41, 5.74) is 0.697. The summed E-state index contributed by atoms with van der Waals surface area (Å²) in [6.45, 7) is 0.508. The normalized spacial score (nSPS) is 24.5. The average Bonchev–Trinajstić information content (AvgIpc) is 2.60. The van der Waals surface area contributed by atoms with E-state index in [4.69, 9.17) is 46.4 Å². The molecule has 2 unspecified atom stereocenters. The molecule has 0 aliphatic carbocycles. The van der Waals surface area contributed by atoms with Gasteiger partial charge >= 0.3 is 0 Å². The Morgan fingerprint density at radius 2 is 2.00 bits per heavy atom. The van der Waals surface area contributed by atoms with Crippen LogP contribution in [0, 0.1) is 5.92 Å². The standard InChI is InChI=1S/C11H9Cl4NO/c12-4-6-5-16(11(17)10(6)15)7-1-2-8(13)9(14)3-7/h1-3,6,10H,4-5H2. The monoisotopic (exact) mass is 311 g/mol. The van der Waals surface area contributed by atoms with Gasteiger partial charge in [0.2, 0.25) is 5.91 Å². The van der Waals surface area contributed by atoms with Crippen molar-refractivity contribution in [1.29, 1.82) is 0 Å². The molecule has 6 heteroatoms. The number of rotatable bonds is 2. The number of amides is 1. The van der Waals surface area contributed by atoms with Crippen LogP contribution in [0.5, 0.6) is 0 Å². The van der Waals surface area contributed by atoms with E-state index in [1.165, 1.54) is 0 Å². The number of benzene rings is 1. The van der Waals surface area contributed by atoms with Gasteiger partial charge in [0, 0.05) is 24.0 Å². The van der Waals surface area contributed by atoms with Crippen LogP contribution in [-0.2, 0) is 4.79 Å². The first-order valence-corrected chi connectivity index (χ1v) is 6.73. The minimum absolute atomic E-state index is 0.0414. The van der Waals surface area contributed by atoms with Crippen molar-refractivity contribution in [2.45, 2.75) is 5.38 Å². The number of hydrogen-bond acceptors (Lipinski definition) is 1. The van der Waals surface area contributed by atoms with Gasteiger partial charge in [0.25, 0.3) is 0 Å². The third-order valence-electron chi connectivity index (χ3n) is 2.75. The third-order valence-corrected chi connectivity index (χ3v) is 4.42. The van der Waals surface area contributed by atoms with Gasteiger partial charge in [-0.1, -0.05) is 23.2 Å². The lowest BCUT2D eigenvalue weighted by molar-refractivity contribution is -0.117. The second-order valence-electron chi connectivity index (χ2n) is 3.86. The molecule has 2 rings (SSSR count). The third kappa shape index (κ3) is 2.50. The number of carbonyl (C=O) groups excluding carboxylic acids is 1. The van der Waals surface area contributed by atoms with Crippen molar-refractivity contribution in [2.75, 3.05) is 17.3 Å². The van der Waals surface area contributed by atoms with E-state index in [1.807, 2.05) is 0 Å². The van der Waals surface area contributed by atoms with Crippen molar-refractivity contribution in [1.82, 2.24) is 0 Å². The van der Waals surface area contributed by atoms with Crippen molar-refractivity contribution in [3.05, 3.63) is 28.2 Å². The average molecular weight is 313 g/mol. The van der Waals surface area contributed by atoms with Crippen LogP contribution < -0.4 is 4.90 Å². The highest BCUT2D eigenvalue weighted by Crippen LogP contribution is 2.33. The molecule has 1 aromatic carbocycles. The van der Waals surface area contributed by atoms with Gasteiger partial charge in [0.1, 0.15) is 5.38 Å². The van der Waals surface area contributed by atoms with Gasteiger partial charge in [-0.05, 0) is 18.2 Å². The summed E-state index contributed by atoms with van der Waals surface area (Å²) in [5.74, 6) is 0.175. The summed E-state index contributed by atoms with van der Waals surface area (Å²) in [6.07, 6.45) is 0. The van der Waals surface area contributed by atoms with Crippen molar-refractivity contribution >= 4 is 58.0 Å². The molecule has 0 aromatic heterocycles. The Morgan fingerprint density at radius 3 is 2.53 bits per heavy atom. The zero-order valence-corrected chi connectivity index (χ0v) is 11.7. The number of carbonyl (C=O) groups is 1. The lowest BCUT2D eigenvalue weighted by Crippen LogP contribution is -2.27. The SMILES string of the molecule is O=C1C(Cl)C(CCl)CN1c1ccc(Cl)c(Cl)c1.